The number of pyridine rings is 1. The number of rotatable bonds is 5. The molecule has 23 heavy (non-hydrogen) atoms. The maximum Gasteiger partial charge on any atom is 0.193 e. The van der Waals surface area contributed by atoms with Crippen molar-refractivity contribution < 1.29 is 0 Å². The van der Waals surface area contributed by atoms with Crippen LogP contribution in [0.25, 0.3) is 0 Å². The van der Waals surface area contributed by atoms with Gasteiger partial charge in [-0.2, -0.15) is 0 Å². The number of hydrogen-bond donors (Lipinski definition) is 1. The highest BCUT2D eigenvalue weighted by atomic mass is 35.5. The molecule has 1 aromatic carbocycles. The van der Waals surface area contributed by atoms with Gasteiger partial charge in [-0.3, -0.25) is 9.98 Å². The average Bonchev–Trinajstić information content (AvgIpc) is 2.53. The van der Waals surface area contributed by atoms with Crippen molar-refractivity contribution in [2.45, 2.75) is 19.9 Å². The van der Waals surface area contributed by atoms with E-state index in [-0.39, 0.29) is 0 Å². The van der Waals surface area contributed by atoms with Gasteiger partial charge in [0.1, 0.15) is 0 Å². The predicted octanol–water partition coefficient (Wildman–Crippen LogP) is 3.29. The fraction of sp³-hybridized carbons (Fsp3) is 0.333. The van der Waals surface area contributed by atoms with Crippen molar-refractivity contribution in [1.82, 2.24) is 15.2 Å². The zero-order valence-corrected chi connectivity index (χ0v) is 14.6. The molecule has 0 aliphatic carbocycles. The highest BCUT2D eigenvalue weighted by Crippen LogP contribution is 2.12. The molecule has 0 fully saturated rings. The van der Waals surface area contributed by atoms with Crippen molar-refractivity contribution in [2.24, 2.45) is 4.99 Å². The van der Waals surface area contributed by atoms with E-state index >= 15 is 0 Å². The average molecular weight is 331 g/mol. The van der Waals surface area contributed by atoms with Gasteiger partial charge in [0.15, 0.2) is 5.96 Å². The van der Waals surface area contributed by atoms with Crippen LogP contribution in [0.2, 0.25) is 5.02 Å². The van der Waals surface area contributed by atoms with Crippen molar-refractivity contribution in [3.8, 4) is 0 Å². The Labute approximate surface area is 143 Å². The molecular weight excluding hydrogens is 308 g/mol. The van der Waals surface area contributed by atoms with Gasteiger partial charge in [0.2, 0.25) is 0 Å². The molecule has 0 aliphatic heterocycles. The first-order valence-electron chi connectivity index (χ1n) is 7.66. The van der Waals surface area contributed by atoms with Crippen LogP contribution >= 0.6 is 11.6 Å². The third-order valence-corrected chi connectivity index (χ3v) is 3.93. The van der Waals surface area contributed by atoms with E-state index in [4.69, 9.17) is 11.6 Å². The van der Waals surface area contributed by atoms with Crippen molar-refractivity contribution in [1.29, 1.82) is 0 Å². The summed E-state index contributed by atoms with van der Waals surface area (Å²) in [5, 5.41) is 4.16. The first kappa shape index (κ1) is 17.3. The molecule has 0 amide bonds. The lowest BCUT2D eigenvalue weighted by Crippen LogP contribution is -2.39. The van der Waals surface area contributed by atoms with Gasteiger partial charge in [-0.25, -0.2) is 0 Å². The molecule has 1 heterocycles. The molecule has 2 aromatic rings. The molecule has 4 nitrogen and oxygen atoms in total. The molecule has 5 heteroatoms. The van der Waals surface area contributed by atoms with E-state index in [0.717, 1.165) is 36.1 Å². The fourth-order valence-corrected chi connectivity index (χ4v) is 2.67. The molecule has 122 valence electrons. The second-order valence-corrected chi connectivity index (χ2v) is 5.95. The Morgan fingerprint density at radius 3 is 2.87 bits per heavy atom. The lowest BCUT2D eigenvalue weighted by atomic mass is 10.1. The van der Waals surface area contributed by atoms with Crippen LogP contribution in [-0.4, -0.2) is 36.5 Å². The summed E-state index contributed by atoms with van der Waals surface area (Å²) >= 11 is 6.04. The summed E-state index contributed by atoms with van der Waals surface area (Å²) in [5.41, 5.74) is 3.69. The van der Waals surface area contributed by atoms with Gasteiger partial charge in [0.25, 0.3) is 0 Å². The maximum absolute atomic E-state index is 6.04. The van der Waals surface area contributed by atoms with Crippen LogP contribution in [0.15, 0.2) is 47.7 Å². The molecule has 0 atom stereocenters. The monoisotopic (exact) mass is 330 g/mol. The van der Waals surface area contributed by atoms with Crippen molar-refractivity contribution in [3.63, 3.8) is 0 Å². The van der Waals surface area contributed by atoms with E-state index in [1.54, 1.807) is 7.05 Å². The van der Waals surface area contributed by atoms with E-state index < -0.39 is 0 Å². The van der Waals surface area contributed by atoms with Gasteiger partial charge in [0, 0.05) is 44.6 Å². The SMILES string of the molecule is CN=C(NCCc1ccncc1C)N(C)Cc1cccc(Cl)c1. The normalized spacial score (nSPS) is 11.4. The van der Waals surface area contributed by atoms with E-state index in [1.807, 2.05) is 37.6 Å². The van der Waals surface area contributed by atoms with Crippen LogP contribution in [0.5, 0.6) is 0 Å². The molecular formula is C18H23ClN4. The first-order valence-corrected chi connectivity index (χ1v) is 8.03. The Bertz CT molecular complexity index is 670. The number of benzene rings is 1. The second-order valence-electron chi connectivity index (χ2n) is 5.51. The highest BCUT2D eigenvalue weighted by molar-refractivity contribution is 6.30. The molecule has 0 saturated carbocycles. The van der Waals surface area contributed by atoms with E-state index in [1.165, 1.54) is 11.1 Å². The standard InChI is InChI=1S/C18H23ClN4/c1-14-12-21-9-7-16(14)8-10-22-18(20-2)23(3)13-15-5-4-6-17(19)11-15/h4-7,9,11-12H,8,10,13H2,1-3H3,(H,20,22). The van der Waals surface area contributed by atoms with Crippen LogP contribution < -0.4 is 5.32 Å². The number of nitrogens with zero attached hydrogens (tertiary/aromatic N) is 3. The molecule has 0 radical (unpaired) electrons. The highest BCUT2D eigenvalue weighted by Gasteiger charge is 2.07. The van der Waals surface area contributed by atoms with Gasteiger partial charge in [-0.05, 0) is 48.2 Å². The minimum absolute atomic E-state index is 0.756. The Morgan fingerprint density at radius 1 is 1.35 bits per heavy atom. The number of nitrogens with one attached hydrogen (secondary N) is 1. The number of aryl methyl sites for hydroxylation is 1. The lowest BCUT2D eigenvalue weighted by molar-refractivity contribution is 0.477. The van der Waals surface area contributed by atoms with Gasteiger partial charge in [-0.15, -0.1) is 0 Å². The number of halogens is 1. The third-order valence-electron chi connectivity index (χ3n) is 3.70. The molecule has 0 aliphatic rings. The third kappa shape index (κ3) is 5.25. The summed E-state index contributed by atoms with van der Waals surface area (Å²) < 4.78 is 0. The largest absolute Gasteiger partial charge is 0.356 e. The zero-order valence-electron chi connectivity index (χ0n) is 13.9. The summed E-state index contributed by atoms with van der Waals surface area (Å²) in [7, 11) is 3.82. The topological polar surface area (TPSA) is 40.5 Å². The molecule has 0 unspecified atom stereocenters. The minimum atomic E-state index is 0.756. The van der Waals surface area contributed by atoms with Crippen LogP contribution in [0.3, 0.4) is 0 Å². The maximum atomic E-state index is 6.04. The number of hydrogen-bond acceptors (Lipinski definition) is 2. The minimum Gasteiger partial charge on any atom is -0.356 e. The summed E-state index contributed by atoms with van der Waals surface area (Å²) in [5.74, 6) is 0.872. The Morgan fingerprint density at radius 2 is 2.17 bits per heavy atom. The Kier molecular flexibility index (Phi) is 6.41. The Hall–Kier alpha value is -2.07. The van der Waals surface area contributed by atoms with E-state index in [9.17, 15) is 0 Å². The van der Waals surface area contributed by atoms with Crippen LogP contribution in [-0.2, 0) is 13.0 Å². The number of aliphatic imine (C=N–C) groups is 1. The summed E-state index contributed by atoms with van der Waals surface area (Å²) in [6.45, 7) is 3.67. The molecule has 0 bridgehead atoms. The zero-order chi connectivity index (χ0) is 16.7. The van der Waals surface area contributed by atoms with Gasteiger partial charge >= 0.3 is 0 Å². The lowest BCUT2D eigenvalue weighted by Gasteiger charge is -2.22. The molecule has 0 spiro atoms. The predicted molar refractivity (Wildman–Crippen MR) is 97.0 cm³/mol. The van der Waals surface area contributed by atoms with Crippen molar-refractivity contribution in [2.75, 3.05) is 20.6 Å². The molecule has 1 N–H and O–H groups in total. The summed E-state index contributed by atoms with van der Waals surface area (Å²) in [6.07, 6.45) is 4.68. The van der Waals surface area contributed by atoms with Gasteiger partial charge < -0.3 is 10.2 Å². The molecule has 0 saturated heterocycles. The summed E-state index contributed by atoms with van der Waals surface area (Å²) in [4.78, 5) is 10.6. The molecule has 1 aromatic heterocycles. The second kappa shape index (κ2) is 8.53. The van der Waals surface area contributed by atoms with Gasteiger partial charge in [-0.1, -0.05) is 23.7 Å². The molecule has 2 rings (SSSR count). The first-order chi connectivity index (χ1) is 11.1. The Balaban J connectivity index is 1.88. The van der Waals surface area contributed by atoms with Crippen molar-refractivity contribution in [3.05, 3.63) is 64.4 Å². The van der Waals surface area contributed by atoms with E-state index in [2.05, 4.69) is 39.2 Å². The van der Waals surface area contributed by atoms with E-state index in [0.29, 0.717) is 0 Å². The summed E-state index contributed by atoms with van der Waals surface area (Å²) in [6, 6.07) is 9.96. The quantitative estimate of drug-likeness (QED) is 0.675. The number of guanidine groups is 1. The van der Waals surface area contributed by atoms with Crippen LogP contribution in [0, 0.1) is 6.92 Å². The van der Waals surface area contributed by atoms with Crippen LogP contribution in [0.4, 0.5) is 0 Å². The smallest absolute Gasteiger partial charge is 0.193 e. The van der Waals surface area contributed by atoms with Crippen molar-refractivity contribution >= 4 is 17.6 Å². The van der Waals surface area contributed by atoms with Gasteiger partial charge in [0.05, 0.1) is 0 Å². The van der Waals surface area contributed by atoms with Crippen LogP contribution in [0.1, 0.15) is 16.7 Å². The fourth-order valence-electron chi connectivity index (χ4n) is 2.46. The number of aromatic nitrogens is 1.